The summed E-state index contributed by atoms with van der Waals surface area (Å²) in [5.74, 6) is 0.161. The number of hydrogen-bond acceptors (Lipinski definition) is 10. The number of aromatic nitrogens is 3. The molecule has 0 aliphatic carbocycles. The average molecular weight is 602 g/mol. The number of benzene rings is 1. The number of nitrogens with zero attached hydrogens (tertiary/aromatic N) is 3. The molecule has 12 nitrogen and oxygen atoms in total. The molecule has 1 aromatic carbocycles. The van der Waals surface area contributed by atoms with Crippen molar-refractivity contribution < 1.29 is 33.1 Å². The van der Waals surface area contributed by atoms with Crippen molar-refractivity contribution in [1.29, 1.82) is 0 Å². The number of amides is 2. The van der Waals surface area contributed by atoms with Gasteiger partial charge in [0.05, 0.1) is 18.4 Å². The van der Waals surface area contributed by atoms with E-state index in [2.05, 4.69) is 25.8 Å². The zero-order valence-electron chi connectivity index (χ0n) is 25.0. The SMILES string of the molecule is COC(=O)C(CCC(=O)Nc1ncccc1-c1cc(Cc2ccc(COc3ccccn3)cc2)no1)NC(=O)OC(C)(C)C. The van der Waals surface area contributed by atoms with Gasteiger partial charge in [-0.3, -0.25) is 4.79 Å². The summed E-state index contributed by atoms with van der Waals surface area (Å²) in [6.07, 6.45) is 2.86. The van der Waals surface area contributed by atoms with Crippen LogP contribution in [0.1, 0.15) is 50.4 Å². The highest BCUT2D eigenvalue weighted by molar-refractivity contribution is 5.94. The maximum absolute atomic E-state index is 12.8. The van der Waals surface area contributed by atoms with Gasteiger partial charge in [0.1, 0.15) is 24.1 Å². The maximum Gasteiger partial charge on any atom is 0.408 e. The lowest BCUT2D eigenvalue weighted by Gasteiger charge is -2.22. The summed E-state index contributed by atoms with van der Waals surface area (Å²) in [5.41, 5.74) is 2.53. The van der Waals surface area contributed by atoms with Crippen LogP contribution in [0.5, 0.6) is 5.88 Å². The third-order valence-electron chi connectivity index (χ3n) is 6.16. The van der Waals surface area contributed by atoms with Gasteiger partial charge in [0.2, 0.25) is 11.8 Å². The largest absolute Gasteiger partial charge is 0.473 e. The Morgan fingerprint density at radius 3 is 2.41 bits per heavy atom. The number of nitrogens with one attached hydrogen (secondary N) is 2. The lowest BCUT2D eigenvalue weighted by Crippen LogP contribution is -2.44. The van der Waals surface area contributed by atoms with Crippen molar-refractivity contribution in [1.82, 2.24) is 20.4 Å². The van der Waals surface area contributed by atoms with Crippen LogP contribution in [-0.2, 0) is 32.1 Å². The molecule has 3 aromatic heterocycles. The monoisotopic (exact) mass is 601 g/mol. The number of ether oxygens (including phenoxy) is 3. The highest BCUT2D eigenvalue weighted by atomic mass is 16.6. The predicted molar refractivity (Wildman–Crippen MR) is 161 cm³/mol. The first-order valence-electron chi connectivity index (χ1n) is 14.0. The fraction of sp³-hybridized carbons (Fsp3) is 0.312. The quantitative estimate of drug-likeness (QED) is 0.210. The topological polar surface area (TPSA) is 155 Å². The van der Waals surface area contributed by atoms with Crippen molar-refractivity contribution in [2.75, 3.05) is 12.4 Å². The summed E-state index contributed by atoms with van der Waals surface area (Å²) in [4.78, 5) is 45.6. The number of carbonyl (C=O) groups is 3. The molecule has 0 saturated carbocycles. The van der Waals surface area contributed by atoms with E-state index in [9.17, 15) is 14.4 Å². The third-order valence-corrected chi connectivity index (χ3v) is 6.16. The fourth-order valence-electron chi connectivity index (χ4n) is 4.09. The summed E-state index contributed by atoms with van der Waals surface area (Å²) in [6, 6.07) is 17.7. The van der Waals surface area contributed by atoms with E-state index in [-0.39, 0.29) is 18.7 Å². The fourth-order valence-corrected chi connectivity index (χ4v) is 4.09. The van der Waals surface area contributed by atoms with E-state index in [1.165, 1.54) is 13.3 Å². The van der Waals surface area contributed by atoms with Crippen molar-refractivity contribution in [2.24, 2.45) is 0 Å². The van der Waals surface area contributed by atoms with Crippen LogP contribution in [0, 0.1) is 0 Å². The normalized spacial score (nSPS) is 11.7. The Morgan fingerprint density at radius 1 is 0.955 bits per heavy atom. The second kappa shape index (κ2) is 14.8. The number of carbonyl (C=O) groups excluding carboxylic acids is 3. The highest BCUT2D eigenvalue weighted by Gasteiger charge is 2.26. The highest BCUT2D eigenvalue weighted by Crippen LogP contribution is 2.27. The van der Waals surface area contributed by atoms with Crippen LogP contribution in [0.25, 0.3) is 11.3 Å². The van der Waals surface area contributed by atoms with E-state index >= 15 is 0 Å². The molecule has 44 heavy (non-hydrogen) atoms. The molecule has 4 rings (SSSR count). The van der Waals surface area contributed by atoms with E-state index in [1.54, 1.807) is 45.2 Å². The van der Waals surface area contributed by atoms with Gasteiger partial charge in [-0.05, 0) is 56.5 Å². The predicted octanol–water partition coefficient (Wildman–Crippen LogP) is 5.09. The molecule has 230 valence electrons. The Bertz CT molecular complexity index is 1550. The molecular formula is C32H35N5O7. The minimum atomic E-state index is -1.07. The van der Waals surface area contributed by atoms with Crippen molar-refractivity contribution >= 4 is 23.8 Å². The van der Waals surface area contributed by atoms with Crippen molar-refractivity contribution in [2.45, 2.75) is 58.3 Å². The summed E-state index contributed by atoms with van der Waals surface area (Å²) in [6.45, 7) is 5.52. The van der Waals surface area contributed by atoms with Gasteiger partial charge in [0.25, 0.3) is 0 Å². The van der Waals surface area contributed by atoms with Gasteiger partial charge < -0.3 is 29.4 Å². The lowest BCUT2D eigenvalue weighted by atomic mass is 10.1. The van der Waals surface area contributed by atoms with Crippen LogP contribution >= 0.6 is 0 Å². The third kappa shape index (κ3) is 9.65. The zero-order chi connectivity index (χ0) is 31.5. The van der Waals surface area contributed by atoms with Crippen molar-refractivity contribution in [3.05, 3.63) is 89.9 Å². The second-order valence-corrected chi connectivity index (χ2v) is 10.8. The minimum absolute atomic E-state index is 0.0135. The van der Waals surface area contributed by atoms with Crippen molar-refractivity contribution in [3.8, 4) is 17.2 Å². The van der Waals surface area contributed by atoms with Crippen LogP contribution in [0.15, 0.2) is 77.6 Å². The average Bonchev–Trinajstić information content (AvgIpc) is 3.46. The van der Waals surface area contributed by atoms with Crippen LogP contribution in [0.4, 0.5) is 10.6 Å². The van der Waals surface area contributed by atoms with Crippen LogP contribution in [-0.4, -0.2) is 51.8 Å². The van der Waals surface area contributed by atoms with Crippen LogP contribution in [0.2, 0.25) is 0 Å². The lowest BCUT2D eigenvalue weighted by molar-refractivity contribution is -0.143. The molecule has 0 radical (unpaired) electrons. The first-order chi connectivity index (χ1) is 21.1. The molecule has 0 aliphatic heterocycles. The number of rotatable bonds is 12. The summed E-state index contributed by atoms with van der Waals surface area (Å²) in [5, 5.41) is 9.40. The van der Waals surface area contributed by atoms with E-state index in [4.69, 9.17) is 18.7 Å². The minimum Gasteiger partial charge on any atom is -0.473 e. The number of anilines is 1. The van der Waals surface area contributed by atoms with Gasteiger partial charge in [-0.25, -0.2) is 19.6 Å². The zero-order valence-corrected chi connectivity index (χ0v) is 25.0. The van der Waals surface area contributed by atoms with E-state index in [0.29, 0.717) is 35.9 Å². The molecule has 2 N–H and O–H groups in total. The van der Waals surface area contributed by atoms with Gasteiger partial charge in [0, 0.05) is 37.4 Å². The van der Waals surface area contributed by atoms with E-state index in [1.807, 2.05) is 42.5 Å². The molecule has 3 heterocycles. The Kier molecular flexibility index (Phi) is 10.6. The Morgan fingerprint density at radius 2 is 1.70 bits per heavy atom. The number of hydrogen-bond donors (Lipinski definition) is 2. The molecule has 4 aromatic rings. The molecule has 0 spiro atoms. The van der Waals surface area contributed by atoms with Gasteiger partial charge in [-0.2, -0.15) is 0 Å². The number of alkyl carbamates (subject to hydrolysis) is 1. The van der Waals surface area contributed by atoms with E-state index in [0.717, 1.165) is 11.1 Å². The first-order valence-corrected chi connectivity index (χ1v) is 14.0. The Labute approximate surface area is 255 Å². The van der Waals surface area contributed by atoms with Crippen molar-refractivity contribution in [3.63, 3.8) is 0 Å². The number of methoxy groups -OCH3 is 1. The summed E-state index contributed by atoms with van der Waals surface area (Å²) in [7, 11) is 1.20. The maximum atomic E-state index is 12.8. The molecule has 1 atom stereocenters. The van der Waals surface area contributed by atoms with Gasteiger partial charge in [-0.1, -0.05) is 35.5 Å². The molecular weight excluding hydrogens is 566 g/mol. The van der Waals surface area contributed by atoms with Gasteiger partial charge in [0.15, 0.2) is 5.76 Å². The van der Waals surface area contributed by atoms with E-state index < -0.39 is 29.6 Å². The molecule has 12 heteroatoms. The molecule has 0 saturated heterocycles. The molecule has 2 amide bonds. The molecule has 0 bridgehead atoms. The second-order valence-electron chi connectivity index (χ2n) is 10.8. The first kappa shape index (κ1) is 31.7. The van der Waals surface area contributed by atoms with Crippen LogP contribution < -0.4 is 15.4 Å². The Hall–Kier alpha value is -5.26. The molecule has 0 aliphatic rings. The summed E-state index contributed by atoms with van der Waals surface area (Å²) < 4.78 is 21.3. The van der Waals surface area contributed by atoms with Crippen LogP contribution in [0.3, 0.4) is 0 Å². The molecule has 1 unspecified atom stereocenters. The summed E-state index contributed by atoms with van der Waals surface area (Å²) >= 11 is 0. The smallest absolute Gasteiger partial charge is 0.408 e. The Balaban J connectivity index is 1.34. The van der Waals surface area contributed by atoms with Gasteiger partial charge in [-0.15, -0.1) is 0 Å². The number of esters is 1. The standard InChI is InChI=1S/C32H35N5O7/c1-32(2,3)43-31(40)35-25(30(39)41-4)14-15-27(38)36-29-24(8-7-17-34-29)26-19-23(37-44-26)18-21-10-12-22(13-11-21)20-42-28-9-5-6-16-33-28/h5-13,16-17,19,25H,14-15,18,20H2,1-4H3,(H,35,40)(H,34,36,38). The number of pyridine rings is 2. The van der Waals surface area contributed by atoms with Gasteiger partial charge >= 0.3 is 12.1 Å². The molecule has 0 fully saturated rings.